The lowest BCUT2D eigenvalue weighted by Gasteiger charge is -2.12. The molecular formula is C13H14F3N3O4S. The molecule has 7 nitrogen and oxygen atoms in total. The van der Waals surface area contributed by atoms with E-state index in [1.165, 1.54) is 0 Å². The van der Waals surface area contributed by atoms with Gasteiger partial charge < -0.3 is 15.8 Å². The van der Waals surface area contributed by atoms with Gasteiger partial charge in [0, 0.05) is 0 Å². The molecule has 0 saturated carbocycles. The van der Waals surface area contributed by atoms with Crippen molar-refractivity contribution in [2.24, 2.45) is 5.73 Å². The van der Waals surface area contributed by atoms with Crippen LogP contribution in [0.2, 0.25) is 0 Å². The number of ether oxygens (including phenoxy) is 1. The molecule has 0 unspecified atom stereocenters. The minimum absolute atomic E-state index is 0.208. The number of nitrogens with two attached hydrogens (primary N) is 1. The first-order valence-corrected chi connectivity index (χ1v) is 8.19. The van der Waals surface area contributed by atoms with Crippen LogP contribution in [-0.2, 0) is 14.6 Å². The van der Waals surface area contributed by atoms with E-state index >= 15 is 0 Å². The van der Waals surface area contributed by atoms with E-state index in [4.69, 9.17) is 11.0 Å². The fraction of sp³-hybridized carbons (Fsp3) is 0.385. The summed E-state index contributed by atoms with van der Waals surface area (Å²) in [5, 5.41) is 10.5. The Morgan fingerprint density at radius 1 is 1.33 bits per heavy atom. The topological polar surface area (TPSA) is 122 Å². The number of carbonyl (C=O) groups is 1. The molecular weight excluding hydrogens is 351 g/mol. The molecule has 0 spiro atoms. The Kier molecular flexibility index (Phi) is 6.56. The average Bonchev–Trinajstić information content (AvgIpc) is 2.49. The van der Waals surface area contributed by atoms with E-state index in [0.717, 1.165) is 24.3 Å². The van der Waals surface area contributed by atoms with E-state index in [-0.39, 0.29) is 17.9 Å². The fourth-order valence-electron chi connectivity index (χ4n) is 1.64. The zero-order chi connectivity index (χ0) is 18.4. The van der Waals surface area contributed by atoms with Crippen LogP contribution in [0.5, 0.6) is 5.75 Å². The Labute approximate surface area is 136 Å². The van der Waals surface area contributed by atoms with Gasteiger partial charge >= 0.3 is 6.36 Å². The van der Waals surface area contributed by atoms with Gasteiger partial charge in [-0.3, -0.25) is 4.79 Å². The van der Waals surface area contributed by atoms with E-state index in [0.29, 0.717) is 0 Å². The van der Waals surface area contributed by atoms with Crippen molar-refractivity contribution in [2.45, 2.75) is 23.7 Å². The van der Waals surface area contributed by atoms with Crippen molar-refractivity contribution in [1.29, 1.82) is 5.26 Å². The summed E-state index contributed by atoms with van der Waals surface area (Å²) in [6, 6.07) is 4.24. The number of alkyl halides is 3. The predicted octanol–water partition coefficient (Wildman–Crippen LogP) is 0.716. The van der Waals surface area contributed by atoms with E-state index in [9.17, 15) is 26.4 Å². The first-order valence-electron chi connectivity index (χ1n) is 6.54. The lowest BCUT2D eigenvalue weighted by molar-refractivity contribution is -0.274. The Hall–Kier alpha value is -2.32. The molecule has 0 heterocycles. The molecule has 0 radical (unpaired) electrons. The van der Waals surface area contributed by atoms with Crippen LogP contribution in [-0.4, -0.2) is 39.0 Å². The first-order chi connectivity index (χ1) is 11.0. The van der Waals surface area contributed by atoms with Crippen molar-refractivity contribution in [2.75, 3.05) is 12.3 Å². The van der Waals surface area contributed by atoms with Crippen molar-refractivity contribution >= 4 is 15.7 Å². The molecule has 1 amide bonds. The summed E-state index contributed by atoms with van der Waals surface area (Å²) in [7, 11) is -3.83. The van der Waals surface area contributed by atoms with Crippen LogP contribution in [0.25, 0.3) is 0 Å². The van der Waals surface area contributed by atoms with Gasteiger partial charge in [-0.2, -0.15) is 5.26 Å². The third-order valence-corrected chi connectivity index (χ3v) is 4.56. The molecule has 11 heteroatoms. The molecule has 0 saturated heterocycles. The van der Waals surface area contributed by atoms with E-state index in [1.54, 1.807) is 6.07 Å². The van der Waals surface area contributed by atoms with Crippen molar-refractivity contribution < 1.29 is 31.1 Å². The third-order valence-electron chi connectivity index (χ3n) is 2.79. The Balaban J connectivity index is 2.69. The number of rotatable bonds is 7. The summed E-state index contributed by atoms with van der Waals surface area (Å²) in [5.41, 5.74) is 5.51. The van der Waals surface area contributed by atoms with Gasteiger partial charge in [0.15, 0.2) is 9.84 Å². The highest BCUT2D eigenvalue weighted by Crippen LogP contribution is 2.24. The lowest BCUT2D eigenvalue weighted by atomic mass is 10.2. The summed E-state index contributed by atoms with van der Waals surface area (Å²) >= 11 is 0. The first kappa shape index (κ1) is 19.7. The van der Waals surface area contributed by atoms with Crippen LogP contribution in [0.3, 0.4) is 0 Å². The molecule has 0 aliphatic carbocycles. The number of hydrogen-bond donors (Lipinski definition) is 2. The van der Waals surface area contributed by atoms with Gasteiger partial charge in [0.1, 0.15) is 12.3 Å². The van der Waals surface area contributed by atoms with Gasteiger partial charge in [0.2, 0.25) is 5.91 Å². The summed E-state index contributed by atoms with van der Waals surface area (Å²) in [6.45, 7) is -0.250. The van der Waals surface area contributed by atoms with Crippen molar-refractivity contribution in [3.8, 4) is 11.8 Å². The third kappa shape index (κ3) is 6.43. The largest absolute Gasteiger partial charge is 0.573 e. The number of benzene rings is 1. The quantitative estimate of drug-likeness (QED) is 0.687. The molecule has 1 atom stereocenters. The molecule has 0 aliphatic rings. The second-order valence-corrected chi connectivity index (χ2v) is 6.72. The van der Waals surface area contributed by atoms with Crippen molar-refractivity contribution in [1.82, 2.24) is 5.32 Å². The number of halogens is 3. The molecule has 0 aromatic heterocycles. The number of hydrogen-bond acceptors (Lipinski definition) is 6. The van der Waals surface area contributed by atoms with Crippen LogP contribution in [0.1, 0.15) is 6.42 Å². The number of nitrogens with one attached hydrogen (secondary N) is 1. The number of sulfone groups is 1. The van der Waals surface area contributed by atoms with Gasteiger partial charge in [-0.1, -0.05) is 0 Å². The molecule has 0 aliphatic heterocycles. The van der Waals surface area contributed by atoms with Gasteiger partial charge in [0.25, 0.3) is 0 Å². The summed E-state index contributed by atoms with van der Waals surface area (Å²) < 4.78 is 63.9. The van der Waals surface area contributed by atoms with Crippen LogP contribution >= 0.6 is 0 Å². The molecule has 0 bridgehead atoms. The number of carbonyl (C=O) groups excluding carboxylic acids is 1. The molecule has 1 aromatic rings. The van der Waals surface area contributed by atoms with E-state index < -0.39 is 39.7 Å². The van der Waals surface area contributed by atoms with Crippen LogP contribution in [0.4, 0.5) is 13.2 Å². The number of nitriles is 1. The second-order valence-electron chi connectivity index (χ2n) is 4.61. The summed E-state index contributed by atoms with van der Waals surface area (Å²) in [4.78, 5) is 11.2. The summed E-state index contributed by atoms with van der Waals surface area (Å²) in [6.07, 6.45) is -5.08. The molecule has 3 N–H and O–H groups in total. The van der Waals surface area contributed by atoms with Crippen molar-refractivity contribution in [3.05, 3.63) is 24.3 Å². The maximum atomic E-state index is 12.1. The van der Waals surface area contributed by atoms with Crippen LogP contribution in [0, 0.1) is 11.3 Å². The normalized spacial score (nSPS) is 13.0. The summed E-state index contributed by atoms with van der Waals surface area (Å²) in [5.74, 6) is -1.69. The molecule has 132 valence electrons. The highest BCUT2D eigenvalue weighted by atomic mass is 32.2. The van der Waals surface area contributed by atoms with Gasteiger partial charge in [-0.25, -0.2) is 8.42 Å². The van der Waals surface area contributed by atoms with Crippen LogP contribution in [0.15, 0.2) is 29.2 Å². The Morgan fingerprint density at radius 3 is 2.42 bits per heavy atom. The molecule has 24 heavy (non-hydrogen) atoms. The van der Waals surface area contributed by atoms with Gasteiger partial charge in [0.05, 0.1) is 22.8 Å². The minimum Gasteiger partial charge on any atom is -0.406 e. The minimum atomic E-state index is -4.87. The van der Waals surface area contributed by atoms with Crippen LogP contribution < -0.4 is 15.8 Å². The van der Waals surface area contributed by atoms with E-state index in [2.05, 4.69) is 10.1 Å². The maximum absolute atomic E-state index is 12.1. The zero-order valence-corrected chi connectivity index (χ0v) is 13.0. The number of nitrogens with zero attached hydrogens (tertiary/aromatic N) is 1. The smallest absolute Gasteiger partial charge is 0.406 e. The zero-order valence-electron chi connectivity index (χ0n) is 12.2. The Morgan fingerprint density at radius 2 is 1.92 bits per heavy atom. The number of amides is 1. The van der Waals surface area contributed by atoms with Gasteiger partial charge in [-0.15, -0.1) is 13.2 Å². The molecule has 0 fully saturated rings. The van der Waals surface area contributed by atoms with Gasteiger partial charge in [-0.05, 0) is 30.7 Å². The molecule has 1 rings (SSSR count). The van der Waals surface area contributed by atoms with Crippen molar-refractivity contribution in [3.63, 3.8) is 0 Å². The standard InChI is InChI=1S/C13H14F3N3O4S/c14-13(15,16)23-9-1-3-10(4-2-9)24(21,22)8-5-11(18)12(20)19-7-6-17/h1-4,11H,5,7-8,18H2,(H,19,20)/t11-/m0/s1. The highest BCUT2D eigenvalue weighted by molar-refractivity contribution is 7.91. The Bertz CT molecular complexity index is 711. The average molecular weight is 365 g/mol. The SMILES string of the molecule is N#CCNC(=O)[C@@H](N)CCS(=O)(=O)c1ccc(OC(F)(F)F)cc1. The predicted molar refractivity (Wildman–Crippen MR) is 76.4 cm³/mol. The monoisotopic (exact) mass is 365 g/mol. The maximum Gasteiger partial charge on any atom is 0.573 e. The highest BCUT2D eigenvalue weighted by Gasteiger charge is 2.31. The lowest BCUT2D eigenvalue weighted by Crippen LogP contribution is -2.41. The fourth-order valence-corrected chi connectivity index (χ4v) is 2.99. The van der Waals surface area contributed by atoms with E-state index in [1.807, 2.05) is 0 Å². The molecule has 1 aromatic carbocycles. The second kappa shape index (κ2) is 7.98.